The number of hydrogen-bond acceptors (Lipinski definition) is 5. The highest BCUT2D eigenvalue weighted by molar-refractivity contribution is 5.94. The number of esters is 1. The summed E-state index contributed by atoms with van der Waals surface area (Å²) in [4.78, 5) is 22.9. The van der Waals surface area contributed by atoms with Crippen LogP contribution >= 0.6 is 0 Å². The van der Waals surface area contributed by atoms with Crippen LogP contribution in [0, 0.1) is 11.3 Å². The van der Waals surface area contributed by atoms with Crippen molar-refractivity contribution in [2.45, 2.75) is 52.7 Å². The molecule has 0 aromatic carbocycles. The Labute approximate surface area is 124 Å². The van der Waals surface area contributed by atoms with E-state index in [9.17, 15) is 19.8 Å². The average molecular weight is 294 g/mol. The molecule has 5 nitrogen and oxygen atoms in total. The molecule has 5 heteroatoms. The number of rotatable bonds is 2. The molecule has 0 amide bonds. The van der Waals surface area contributed by atoms with Crippen LogP contribution in [0.15, 0.2) is 23.0 Å². The number of ether oxygens (including phenoxy) is 1. The molecule has 2 aliphatic carbocycles. The van der Waals surface area contributed by atoms with Crippen molar-refractivity contribution in [2.75, 3.05) is 0 Å². The van der Waals surface area contributed by atoms with Crippen molar-refractivity contribution >= 4 is 11.8 Å². The lowest BCUT2D eigenvalue weighted by atomic mass is 9.58. The molecule has 1 fully saturated rings. The van der Waals surface area contributed by atoms with E-state index >= 15 is 0 Å². The van der Waals surface area contributed by atoms with Crippen molar-refractivity contribution in [1.29, 1.82) is 0 Å². The number of carbonyl (C=O) groups is 2. The smallest absolute Gasteiger partial charge is 0.303 e. The Morgan fingerprint density at radius 2 is 2.00 bits per heavy atom. The number of aliphatic hydroxyl groups is 2. The SMILES string of the molecule is CC(=O)OC1C(O)CC2=CC(O)=C(C(C)=O)CC2(C)C1C. The molecule has 0 spiro atoms. The molecule has 0 aliphatic heterocycles. The molecule has 0 bridgehead atoms. The van der Waals surface area contributed by atoms with E-state index in [-0.39, 0.29) is 17.5 Å². The highest BCUT2D eigenvalue weighted by atomic mass is 16.6. The van der Waals surface area contributed by atoms with Crippen LogP contribution in [0.25, 0.3) is 0 Å². The van der Waals surface area contributed by atoms with Crippen LogP contribution in [0.5, 0.6) is 0 Å². The normalized spacial score (nSPS) is 35.9. The molecule has 0 aromatic rings. The predicted molar refractivity (Wildman–Crippen MR) is 76.5 cm³/mol. The monoisotopic (exact) mass is 294 g/mol. The van der Waals surface area contributed by atoms with Gasteiger partial charge in [-0.05, 0) is 31.3 Å². The van der Waals surface area contributed by atoms with Crippen molar-refractivity contribution < 1.29 is 24.5 Å². The van der Waals surface area contributed by atoms with Gasteiger partial charge >= 0.3 is 5.97 Å². The highest BCUT2D eigenvalue weighted by Gasteiger charge is 2.50. The highest BCUT2D eigenvalue weighted by Crippen LogP contribution is 2.52. The van der Waals surface area contributed by atoms with E-state index in [1.165, 1.54) is 13.8 Å². The topological polar surface area (TPSA) is 83.8 Å². The second-order valence-corrected chi connectivity index (χ2v) is 6.32. The largest absolute Gasteiger partial charge is 0.508 e. The molecule has 2 N–H and O–H groups in total. The maximum Gasteiger partial charge on any atom is 0.303 e. The van der Waals surface area contributed by atoms with Crippen molar-refractivity contribution in [2.24, 2.45) is 11.3 Å². The van der Waals surface area contributed by atoms with Gasteiger partial charge in [0.05, 0.1) is 6.10 Å². The molecule has 0 saturated heterocycles. The van der Waals surface area contributed by atoms with Crippen LogP contribution in [0.4, 0.5) is 0 Å². The maximum absolute atomic E-state index is 11.7. The summed E-state index contributed by atoms with van der Waals surface area (Å²) in [7, 11) is 0. The van der Waals surface area contributed by atoms with Crippen LogP contribution in [0.3, 0.4) is 0 Å². The van der Waals surface area contributed by atoms with E-state index in [1.807, 2.05) is 13.8 Å². The van der Waals surface area contributed by atoms with Gasteiger partial charge < -0.3 is 14.9 Å². The van der Waals surface area contributed by atoms with Gasteiger partial charge in [-0.2, -0.15) is 0 Å². The Bertz CT molecular complexity index is 545. The summed E-state index contributed by atoms with van der Waals surface area (Å²) < 4.78 is 5.27. The van der Waals surface area contributed by atoms with Gasteiger partial charge in [-0.1, -0.05) is 19.4 Å². The van der Waals surface area contributed by atoms with Crippen molar-refractivity contribution in [3.8, 4) is 0 Å². The molecule has 0 radical (unpaired) electrons. The van der Waals surface area contributed by atoms with Gasteiger partial charge in [-0.25, -0.2) is 0 Å². The summed E-state index contributed by atoms with van der Waals surface area (Å²) in [5.74, 6) is -0.756. The standard InChI is InChI=1S/C16H22O5/c1-8-15(21-10(3)18)14(20)6-11-5-13(19)12(9(2)17)7-16(8,11)4/h5,8,14-15,19-20H,6-7H2,1-4H3. The average Bonchev–Trinajstić information content (AvgIpc) is 2.37. The Kier molecular flexibility index (Phi) is 3.97. The van der Waals surface area contributed by atoms with E-state index in [0.29, 0.717) is 18.4 Å². The van der Waals surface area contributed by atoms with Crippen molar-refractivity contribution in [1.82, 2.24) is 0 Å². The maximum atomic E-state index is 11.7. The van der Waals surface area contributed by atoms with E-state index in [4.69, 9.17) is 4.74 Å². The van der Waals surface area contributed by atoms with Crippen molar-refractivity contribution in [3.05, 3.63) is 23.0 Å². The van der Waals surface area contributed by atoms with E-state index in [1.54, 1.807) is 6.08 Å². The molecule has 116 valence electrons. The molecule has 2 aliphatic rings. The van der Waals surface area contributed by atoms with Gasteiger partial charge in [0.15, 0.2) is 5.78 Å². The fourth-order valence-electron chi connectivity index (χ4n) is 3.45. The van der Waals surface area contributed by atoms with Gasteiger partial charge in [-0.15, -0.1) is 0 Å². The molecule has 1 saturated carbocycles. The fraction of sp³-hybridized carbons (Fsp3) is 0.625. The molecule has 21 heavy (non-hydrogen) atoms. The van der Waals surface area contributed by atoms with Gasteiger partial charge in [0, 0.05) is 18.4 Å². The third kappa shape index (κ3) is 2.62. The molecule has 4 unspecified atom stereocenters. The number of hydrogen-bond donors (Lipinski definition) is 2. The zero-order valence-corrected chi connectivity index (χ0v) is 12.8. The lowest BCUT2D eigenvalue weighted by molar-refractivity contribution is -0.163. The Morgan fingerprint density at radius 1 is 1.38 bits per heavy atom. The predicted octanol–water partition coefficient (Wildman–Crippen LogP) is 2.06. The minimum Gasteiger partial charge on any atom is -0.508 e. The molecular weight excluding hydrogens is 272 g/mol. The third-order valence-electron chi connectivity index (χ3n) is 4.93. The zero-order chi connectivity index (χ0) is 15.9. The third-order valence-corrected chi connectivity index (χ3v) is 4.93. The summed E-state index contributed by atoms with van der Waals surface area (Å²) in [5, 5.41) is 20.2. The molecule has 2 rings (SSSR count). The number of Topliss-reactive ketones (excluding diaryl/α,β-unsaturated/α-hetero) is 1. The van der Waals surface area contributed by atoms with Gasteiger partial charge in [0.1, 0.15) is 11.9 Å². The van der Waals surface area contributed by atoms with Gasteiger partial charge in [0.2, 0.25) is 0 Å². The van der Waals surface area contributed by atoms with Gasteiger partial charge in [-0.3, -0.25) is 9.59 Å². The number of ketones is 1. The van der Waals surface area contributed by atoms with Crippen LogP contribution in [-0.2, 0) is 14.3 Å². The molecule has 4 atom stereocenters. The van der Waals surface area contributed by atoms with E-state index < -0.39 is 23.6 Å². The minimum absolute atomic E-state index is 0.0136. The lowest BCUT2D eigenvalue weighted by Gasteiger charge is -2.49. The summed E-state index contributed by atoms with van der Waals surface area (Å²) in [6, 6.07) is 0. The Morgan fingerprint density at radius 3 is 2.52 bits per heavy atom. The quantitative estimate of drug-likeness (QED) is 0.762. The molecule has 0 heterocycles. The summed E-state index contributed by atoms with van der Waals surface area (Å²) in [6.45, 7) is 6.64. The Balaban J connectivity index is 2.40. The number of aliphatic hydroxyl groups excluding tert-OH is 2. The van der Waals surface area contributed by atoms with Crippen LogP contribution in [0.1, 0.15) is 40.5 Å². The van der Waals surface area contributed by atoms with Gasteiger partial charge in [0.25, 0.3) is 0 Å². The number of allylic oxidation sites excluding steroid dienone is 2. The first-order chi connectivity index (χ1) is 9.66. The van der Waals surface area contributed by atoms with E-state index in [0.717, 1.165) is 5.57 Å². The minimum atomic E-state index is -0.796. The Hall–Kier alpha value is -1.62. The summed E-state index contributed by atoms with van der Waals surface area (Å²) in [5.41, 5.74) is 0.881. The number of carbonyl (C=O) groups excluding carboxylic acids is 2. The first-order valence-electron chi connectivity index (χ1n) is 7.16. The lowest BCUT2D eigenvalue weighted by Crippen LogP contribution is -2.50. The van der Waals surface area contributed by atoms with Crippen LogP contribution in [0.2, 0.25) is 0 Å². The van der Waals surface area contributed by atoms with Crippen LogP contribution in [-0.4, -0.2) is 34.2 Å². The van der Waals surface area contributed by atoms with Crippen molar-refractivity contribution in [3.63, 3.8) is 0 Å². The zero-order valence-electron chi connectivity index (χ0n) is 12.8. The molecule has 0 aromatic heterocycles. The second kappa shape index (κ2) is 5.30. The number of fused-ring (bicyclic) bond motifs is 1. The first kappa shape index (κ1) is 15.8. The second-order valence-electron chi connectivity index (χ2n) is 6.32. The molecular formula is C16H22O5. The first-order valence-corrected chi connectivity index (χ1v) is 7.16. The van der Waals surface area contributed by atoms with E-state index in [2.05, 4.69) is 0 Å². The van der Waals surface area contributed by atoms with Crippen LogP contribution < -0.4 is 0 Å². The summed E-state index contributed by atoms with van der Waals surface area (Å²) in [6.07, 6.45) is 0.914. The summed E-state index contributed by atoms with van der Waals surface area (Å²) >= 11 is 0. The fourth-order valence-corrected chi connectivity index (χ4v) is 3.45.